The Morgan fingerprint density at radius 3 is 2.54 bits per heavy atom. The third-order valence-corrected chi connectivity index (χ3v) is 4.84. The zero-order valence-electron chi connectivity index (χ0n) is 13.8. The van der Waals surface area contributed by atoms with Crippen LogP contribution < -0.4 is 15.0 Å². The van der Waals surface area contributed by atoms with E-state index in [4.69, 9.17) is 4.74 Å². The van der Waals surface area contributed by atoms with Crippen LogP contribution in [0.15, 0.2) is 48.5 Å². The lowest BCUT2D eigenvalue weighted by atomic mass is 9.89. The molecule has 0 aliphatic carbocycles. The largest absolute Gasteiger partial charge is 0.471 e. The molecule has 2 aliphatic rings. The Morgan fingerprint density at radius 1 is 1.08 bits per heavy atom. The second kappa shape index (κ2) is 6.23. The summed E-state index contributed by atoms with van der Waals surface area (Å²) in [5.74, 6) is -0.647. The van der Waals surface area contributed by atoms with Crippen molar-refractivity contribution in [3.05, 3.63) is 54.1 Å². The molecule has 2 atom stereocenters. The van der Waals surface area contributed by atoms with Gasteiger partial charge in [0.1, 0.15) is 5.75 Å². The van der Waals surface area contributed by atoms with E-state index in [1.54, 1.807) is 6.07 Å². The van der Waals surface area contributed by atoms with Gasteiger partial charge in [-0.3, -0.25) is 4.79 Å². The maximum absolute atomic E-state index is 12.8. The summed E-state index contributed by atoms with van der Waals surface area (Å²) in [5.41, 5.74) is 1.59. The van der Waals surface area contributed by atoms with Crippen LogP contribution in [0.3, 0.4) is 0 Å². The van der Waals surface area contributed by atoms with Gasteiger partial charge < -0.3 is 15.0 Å². The molecule has 0 spiro atoms. The Morgan fingerprint density at radius 2 is 1.77 bits per heavy atom. The second-order valence-corrected chi connectivity index (χ2v) is 6.47. The molecule has 1 fully saturated rings. The molecule has 0 unspecified atom stereocenters. The number of nitrogens with zero attached hydrogens (tertiary/aromatic N) is 1. The third-order valence-electron chi connectivity index (χ3n) is 4.84. The highest BCUT2D eigenvalue weighted by molar-refractivity contribution is 5.82. The van der Waals surface area contributed by atoms with Gasteiger partial charge >= 0.3 is 12.1 Å². The fourth-order valence-corrected chi connectivity index (χ4v) is 3.77. The summed E-state index contributed by atoms with van der Waals surface area (Å²) in [7, 11) is 0. The Bertz CT molecular complexity index is 838. The molecule has 4 nitrogen and oxygen atoms in total. The maximum Gasteiger partial charge on any atom is 0.471 e. The third kappa shape index (κ3) is 2.87. The number of ether oxygens (including phenoxy) is 1. The van der Waals surface area contributed by atoms with Crippen LogP contribution in [0.5, 0.6) is 11.5 Å². The molecule has 136 valence electrons. The fraction of sp³-hybridized carbons (Fsp3) is 0.316. The first-order chi connectivity index (χ1) is 12.4. The number of para-hydroxylation sites is 3. The topological polar surface area (TPSA) is 41.6 Å². The van der Waals surface area contributed by atoms with Crippen LogP contribution in [0.25, 0.3) is 0 Å². The monoisotopic (exact) mass is 362 g/mol. The minimum atomic E-state index is -4.90. The van der Waals surface area contributed by atoms with Crippen molar-refractivity contribution >= 4 is 11.6 Å². The molecular weight excluding hydrogens is 345 g/mol. The molecule has 7 heteroatoms. The average Bonchev–Trinajstić information content (AvgIpc) is 2.76. The lowest BCUT2D eigenvalue weighted by Crippen LogP contribution is -2.52. The fourth-order valence-electron chi connectivity index (χ4n) is 3.77. The molecule has 0 aromatic heterocycles. The number of benzene rings is 2. The number of alkyl halides is 3. The standard InChI is InChI=1S/C19H17F3N2O2/c20-19(21,22)18(25)23-13-7-5-11-24-14-8-2-4-10-16(14)26-15-9-3-1-6-12(15)17(13)24/h1-4,6,8-10,13,17H,5,7,11H2,(H,23,25)/t13-,17+/m0/s1. The summed E-state index contributed by atoms with van der Waals surface area (Å²) < 4.78 is 44.4. The van der Waals surface area contributed by atoms with Crippen molar-refractivity contribution in [2.24, 2.45) is 0 Å². The number of amides is 1. The van der Waals surface area contributed by atoms with E-state index in [0.29, 0.717) is 30.9 Å². The Labute approximate surface area is 148 Å². The van der Waals surface area contributed by atoms with Gasteiger partial charge in [0.25, 0.3) is 0 Å². The van der Waals surface area contributed by atoms with E-state index in [0.717, 1.165) is 11.3 Å². The number of rotatable bonds is 1. The SMILES string of the molecule is O=C(N[C@H]1CCCN2c3ccccc3Oc3ccccc3[C@H]12)C(F)(F)F. The number of nitrogens with one attached hydrogen (secondary N) is 1. The van der Waals surface area contributed by atoms with Crippen LogP contribution in [0, 0.1) is 0 Å². The number of fused-ring (bicyclic) bond motifs is 5. The van der Waals surface area contributed by atoms with Crippen LogP contribution in [0.2, 0.25) is 0 Å². The van der Waals surface area contributed by atoms with Gasteiger partial charge in [0.05, 0.1) is 17.8 Å². The van der Waals surface area contributed by atoms with Crippen molar-refractivity contribution in [3.8, 4) is 11.5 Å². The van der Waals surface area contributed by atoms with E-state index in [2.05, 4.69) is 5.32 Å². The number of hydrogen-bond acceptors (Lipinski definition) is 3. The van der Waals surface area contributed by atoms with Gasteiger partial charge in [0.15, 0.2) is 5.75 Å². The Kier molecular flexibility index (Phi) is 4.01. The summed E-state index contributed by atoms with van der Waals surface area (Å²) >= 11 is 0. The average molecular weight is 362 g/mol. The summed E-state index contributed by atoms with van der Waals surface area (Å²) in [5, 5.41) is 2.20. The van der Waals surface area contributed by atoms with Crippen LogP contribution >= 0.6 is 0 Å². The molecule has 4 rings (SSSR count). The minimum Gasteiger partial charge on any atom is -0.455 e. The van der Waals surface area contributed by atoms with Crippen LogP contribution in [0.1, 0.15) is 24.4 Å². The number of carbonyl (C=O) groups excluding carboxylic acids is 1. The van der Waals surface area contributed by atoms with Gasteiger partial charge in [-0.1, -0.05) is 30.3 Å². The first-order valence-electron chi connectivity index (χ1n) is 8.45. The minimum absolute atomic E-state index is 0.421. The van der Waals surface area contributed by atoms with E-state index in [-0.39, 0.29) is 0 Å². The zero-order valence-corrected chi connectivity index (χ0v) is 13.8. The van der Waals surface area contributed by atoms with Crippen molar-refractivity contribution in [2.45, 2.75) is 31.1 Å². The van der Waals surface area contributed by atoms with Crippen molar-refractivity contribution in [2.75, 3.05) is 11.4 Å². The number of carbonyl (C=O) groups is 1. The molecule has 1 N–H and O–H groups in total. The number of halogens is 3. The maximum atomic E-state index is 12.8. The van der Waals surface area contributed by atoms with Crippen LogP contribution in [-0.4, -0.2) is 24.7 Å². The van der Waals surface area contributed by atoms with Gasteiger partial charge in [0, 0.05) is 12.1 Å². The van der Waals surface area contributed by atoms with Gasteiger partial charge in [-0.05, 0) is 31.0 Å². The van der Waals surface area contributed by atoms with Crippen molar-refractivity contribution in [3.63, 3.8) is 0 Å². The Hall–Kier alpha value is -2.70. The molecule has 0 bridgehead atoms. The quantitative estimate of drug-likeness (QED) is 0.827. The number of anilines is 1. The molecule has 2 aromatic rings. The van der Waals surface area contributed by atoms with E-state index >= 15 is 0 Å². The molecule has 2 aromatic carbocycles. The smallest absolute Gasteiger partial charge is 0.455 e. The van der Waals surface area contributed by atoms with E-state index in [9.17, 15) is 18.0 Å². The molecule has 1 saturated heterocycles. The van der Waals surface area contributed by atoms with E-state index in [1.807, 2.05) is 47.4 Å². The number of piperidine rings is 1. The first kappa shape index (κ1) is 16.8. The summed E-state index contributed by atoms with van der Waals surface area (Å²) in [6.07, 6.45) is -3.75. The van der Waals surface area contributed by atoms with Gasteiger partial charge in [-0.2, -0.15) is 13.2 Å². The molecule has 1 amide bonds. The molecular formula is C19H17F3N2O2. The van der Waals surface area contributed by atoms with Gasteiger partial charge in [-0.15, -0.1) is 0 Å². The Balaban J connectivity index is 1.79. The second-order valence-electron chi connectivity index (χ2n) is 6.47. The predicted octanol–water partition coefficient (Wildman–Crippen LogP) is 4.18. The van der Waals surface area contributed by atoms with Crippen molar-refractivity contribution < 1.29 is 22.7 Å². The molecule has 2 aliphatic heterocycles. The van der Waals surface area contributed by atoms with Crippen molar-refractivity contribution in [1.29, 1.82) is 0 Å². The summed E-state index contributed by atoms with van der Waals surface area (Å²) in [6.45, 7) is 0.678. The highest BCUT2D eigenvalue weighted by Crippen LogP contribution is 2.47. The first-order valence-corrected chi connectivity index (χ1v) is 8.45. The van der Waals surface area contributed by atoms with Gasteiger partial charge in [-0.25, -0.2) is 0 Å². The highest BCUT2D eigenvalue weighted by atomic mass is 19.4. The number of hydrogen-bond donors (Lipinski definition) is 1. The predicted molar refractivity (Wildman–Crippen MR) is 90.3 cm³/mol. The normalized spacial score (nSPS) is 21.6. The van der Waals surface area contributed by atoms with E-state index < -0.39 is 24.2 Å². The molecule has 26 heavy (non-hydrogen) atoms. The van der Waals surface area contributed by atoms with E-state index in [1.165, 1.54) is 0 Å². The zero-order chi connectivity index (χ0) is 18.3. The lowest BCUT2D eigenvalue weighted by Gasteiger charge is -2.42. The molecule has 0 saturated carbocycles. The summed E-state index contributed by atoms with van der Waals surface area (Å²) in [4.78, 5) is 13.6. The van der Waals surface area contributed by atoms with Crippen molar-refractivity contribution in [1.82, 2.24) is 5.32 Å². The molecule has 0 radical (unpaired) electrons. The highest BCUT2D eigenvalue weighted by Gasteiger charge is 2.44. The summed E-state index contributed by atoms with van der Waals surface area (Å²) in [6, 6.07) is 13.7. The molecule has 2 heterocycles. The van der Waals surface area contributed by atoms with Crippen LogP contribution in [-0.2, 0) is 4.79 Å². The van der Waals surface area contributed by atoms with Gasteiger partial charge in [0.2, 0.25) is 0 Å². The lowest BCUT2D eigenvalue weighted by molar-refractivity contribution is -0.174. The van der Waals surface area contributed by atoms with Crippen LogP contribution in [0.4, 0.5) is 18.9 Å².